The van der Waals surface area contributed by atoms with E-state index in [1.165, 1.54) is 23.2 Å². The van der Waals surface area contributed by atoms with Crippen molar-refractivity contribution in [1.29, 1.82) is 0 Å². The number of benzene rings is 2. The number of aromatic nitrogens is 4. The third-order valence-corrected chi connectivity index (χ3v) is 6.64. The van der Waals surface area contributed by atoms with Crippen LogP contribution in [0.15, 0.2) is 79.5 Å². The van der Waals surface area contributed by atoms with Gasteiger partial charge < -0.3 is 14.8 Å². The van der Waals surface area contributed by atoms with E-state index in [1.54, 1.807) is 58.9 Å². The van der Waals surface area contributed by atoms with Crippen LogP contribution in [-0.2, 0) is 12.6 Å². The number of rotatable bonds is 4. The summed E-state index contributed by atoms with van der Waals surface area (Å²) >= 11 is 0. The molecule has 0 saturated heterocycles. The molecule has 1 N–H and O–H groups in total. The number of pyridine rings is 1. The average molecular weight is 531 g/mol. The highest BCUT2D eigenvalue weighted by Crippen LogP contribution is 2.34. The topological polar surface area (TPSA) is 84.5 Å². The smallest absolute Gasteiger partial charge is 0.322 e. The van der Waals surface area contributed by atoms with Crippen molar-refractivity contribution in [3.05, 3.63) is 108 Å². The molecule has 0 bridgehead atoms. The highest BCUT2D eigenvalue weighted by Gasteiger charge is 2.32. The lowest BCUT2D eigenvalue weighted by molar-refractivity contribution is -0.137. The number of imidazole rings is 2. The van der Waals surface area contributed by atoms with Crippen LogP contribution >= 0.6 is 0 Å². The Kier molecular flexibility index (Phi) is 5.71. The van der Waals surface area contributed by atoms with E-state index in [1.807, 2.05) is 6.07 Å². The number of amides is 2. The second-order valence-electron chi connectivity index (χ2n) is 9.27. The fraction of sp³-hybridized carbons (Fsp3) is 0.143. The predicted molar refractivity (Wildman–Crippen MR) is 138 cm³/mol. The maximum atomic E-state index is 13.6. The molecule has 0 unspecified atom stereocenters. The SMILES string of the molecule is Cc1cn(-c2cc(NC(=O)c3ccc4c(c3)N(C(=O)c3cnc5ccccn35)CC4)cc(C(F)(F)F)c2)cn1. The largest absolute Gasteiger partial charge is 0.416 e. The number of carbonyl (C=O) groups excluding carboxylic acids is 2. The van der Waals surface area contributed by atoms with Crippen LogP contribution in [0.3, 0.4) is 0 Å². The first-order valence-electron chi connectivity index (χ1n) is 12.1. The van der Waals surface area contributed by atoms with Crippen molar-refractivity contribution in [1.82, 2.24) is 18.9 Å². The van der Waals surface area contributed by atoms with Crippen molar-refractivity contribution in [2.45, 2.75) is 19.5 Å². The molecule has 2 amide bonds. The number of aryl methyl sites for hydroxylation is 1. The van der Waals surface area contributed by atoms with Crippen LogP contribution in [0.25, 0.3) is 11.3 Å². The van der Waals surface area contributed by atoms with Crippen molar-refractivity contribution < 1.29 is 22.8 Å². The van der Waals surface area contributed by atoms with Gasteiger partial charge in [-0.3, -0.25) is 14.0 Å². The summed E-state index contributed by atoms with van der Waals surface area (Å²) in [5.74, 6) is -0.859. The van der Waals surface area contributed by atoms with Gasteiger partial charge in [0.2, 0.25) is 0 Å². The second kappa shape index (κ2) is 9.12. The first-order valence-corrected chi connectivity index (χ1v) is 12.1. The molecule has 0 fully saturated rings. The van der Waals surface area contributed by atoms with Gasteiger partial charge in [0.15, 0.2) is 0 Å². The second-order valence-corrected chi connectivity index (χ2v) is 9.27. The van der Waals surface area contributed by atoms with Gasteiger partial charge in [-0.15, -0.1) is 0 Å². The number of fused-ring (bicyclic) bond motifs is 2. The van der Waals surface area contributed by atoms with Crippen LogP contribution in [0, 0.1) is 6.92 Å². The zero-order valence-corrected chi connectivity index (χ0v) is 20.6. The maximum Gasteiger partial charge on any atom is 0.416 e. The monoisotopic (exact) mass is 530 g/mol. The van der Waals surface area contributed by atoms with Crippen LogP contribution in [0.2, 0.25) is 0 Å². The number of carbonyl (C=O) groups is 2. The lowest BCUT2D eigenvalue weighted by Crippen LogP contribution is -2.30. The highest BCUT2D eigenvalue weighted by molar-refractivity contribution is 6.09. The van der Waals surface area contributed by atoms with Gasteiger partial charge in [0, 0.05) is 41.6 Å². The summed E-state index contributed by atoms with van der Waals surface area (Å²) in [6.45, 7) is 2.16. The molecular weight excluding hydrogens is 509 g/mol. The van der Waals surface area contributed by atoms with Crippen molar-refractivity contribution >= 4 is 28.8 Å². The minimum Gasteiger partial charge on any atom is -0.322 e. The Hall–Kier alpha value is -4.93. The first-order chi connectivity index (χ1) is 18.7. The minimum atomic E-state index is -4.61. The molecule has 0 aliphatic carbocycles. The van der Waals surface area contributed by atoms with E-state index < -0.39 is 17.6 Å². The summed E-state index contributed by atoms with van der Waals surface area (Å²) < 4.78 is 44.0. The minimum absolute atomic E-state index is 0.0182. The lowest BCUT2D eigenvalue weighted by Gasteiger charge is -2.18. The molecule has 4 heterocycles. The lowest BCUT2D eigenvalue weighted by atomic mass is 10.1. The van der Waals surface area contributed by atoms with Crippen molar-refractivity contribution in [3.63, 3.8) is 0 Å². The average Bonchev–Trinajstić information content (AvgIpc) is 3.65. The van der Waals surface area contributed by atoms with Crippen LogP contribution in [-0.4, -0.2) is 37.3 Å². The molecule has 0 atom stereocenters. The van der Waals surface area contributed by atoms with Gasteiger partial charge in [0.1, 0.15) is 11.3 Å². The molecule has 11 heteroatoms. The van der Waals surface area contributed by atoms with Crippen molar-refractivity contribution in [3.8, 4) is 5.69 Å². The molecule has 1 aliphatic rings. The maximum absolute atomic E-state index is 13.6. The zero-order valence-electron chi connectivity index (χ0n) is 20.6. The number of alkyl halides is 3. The summed E-state index contributed by atoms with van der Waals surface area (Å²) in [6, 6.07) is 13.7. The summed E-state index contributed by atoms with van der Waals surface area (Å²) in [5.41, 5.74) is 2.64. The molecule has 0 saturated carbocycles. The molecule has 0 radical (unpaired) electrons. The van der Waals surface area contributed by atoms with Gasteiger partial charge >= 0.3 is 6.18 Å². The van der Waals surface area contributed by atoms with E-state index in [-0.39, 0.29) is 22.8 Å². The Morgan fingerprint density at radius 3 is 2.64 bits per heavy atom. The van der Waals surface area contributed by atoms with Crippen molar-refractivity contribution in [2.75, 3.05) is 16.8 Å². The fourth-order valence-electron chi connectivity index (χ4n) is 4.72. The van der Waals surface area contributed by atoms with Gasteiger partial charge in [-0.05, 0) is 61.4 Å². The van der Waals surface area contributed by atoms with Crippen LogP contribution < -0.4 is 10.2 Å². The third kappa shape index (κ3) is 4.52. The quantitative estimate of drug-likeness (QED) is 0.342. The zero-order chi connectivity index (χ0) is 27.3. The van der Waals surface area contributed by atoms with E-state index in [0.717, 1.165) is 17.7 Å². The van der Waals surface area contributed by atoms with E-state index in [4.69, 9.17) is 0 Å². The number of nitrogens with one attached hydrogen (secondary N) is 1. The highest BCUT2D eigenvalue weighted by atomic mass is 19.4. The Labute approximate surface area is 220 Å². The molecule has 196 valence electrons. The van der Waals surface area contributed by atoms with Gasteiger partial charge in [-0.25, -0.2) is 9.97 Å². The molecule has 2 aromatic carbocycles. The van der Waals surface area contributed by atoms with Crippen molar-refractivity contribution in [2.24, 2.45) is 0 Å². The number of nitrogens with zero attached hydrogens (tertiary/aromatic N) is 5. The van der Waals surface area contributed by atoms with Crippen LogP contribution in [0.5, 0.6) is 0 Å². The Balaban J connectivity index is 1.30. The number of anilines is 2. The van der Waals surface area contributed by atoms with E-state index >= 15 is 0 Å². The molecule has 6 rings (SSSR count). The van der Waals surface area contributed by atoms with Crippen LogP contribution in [0.1, 0.15) is 37.7 Å². The molecule has 5 aromatic rings. The van der Waals surface area contributed by atoms with E-state index in [0.29, 0.717) is 35.7 Å². The van der Waals surface area contributed by atoms with E-state index in [2.05, 4.69) is 15.3 Å². The Morgan fingerprint density at radius 2 is 1.87 bits per heavy atom. The fourth-order valence-corrected chi connectivity index (χ4v) is 4.72. The Bertz CT molecular complexity index is 1750. The Morgan fingerprint density at radius 1 is 1.03 bits per heavy atom. The molecule has 0 spiro atoms. The van der Waals surface area contributed by atoms with Gasteiger partial charge in [0.05, 0.1) is 23.8 Å². The molecule has 39 heavy (non-hydrogen) atoms. The summed E-state index contributed by atoms with van der Waals surface area (Å²) in [6.07, 6.45) is 2.27. The molecular formula is C28H21F3N6O2. The summed E-state index contributed by atoms with van der Waals surface area (Å²) in [4.78, 5) is 36.5. The summed E-state index contributed by atoms with van der Waals surface area (Å²) in [7, 11) is 0. The number of hydrogen-bond acceptors (Lipinski definition) is 4. The predicted octanol–water partition coefficient (Wildman–Crippen LogP) is 5.30. The molecule has 1 aliphatic heterocycles. The first kappa shape index (κ1) is 24.4. The molecule has 3 aromatic heterocycles. The number of halogens is 3. The van der Waals surface area contributed by atoms with Gasteiger partial charge in [-0.2, -0.15) is 13.2 Å². The number of hydrogen-bond donors (Lipinski definition) is 1. The summed E-state index contributed by atoms with van der Waals surface area (Å²) in [5, 5.41) is 2.58. The van der Waals surface area contributed by atoms with Gasteiger partial charge in [0.25, 0.3) is 11.8 Å². The third-order valence-electron chi connectivity index (χ3n) is 6.64. The molecule has 8 nitrogen and oxygen atoms in total. The van der Waals surface area contributed by atoms with Gasteiger partial charge in [-0.1, -0.05) is 12.1 Å². The van der Waals surface area contributed by atoms with E-state index in [9.17, 15) is 22.8 Å². The van der Waals surface area contributed by atoms with Crippen LogP contribution in [0.4, 0.5) is 24.5 Å². The normalized spacial score (nSPS) is 13.1. The standard InChI is InChI=1S/C28H21F3N6O2/c1-17-15-35(16-33-17)22-12-20(28(29,30)31)11-21(13-22)34-26(38)19-6-5-18-7-9-37(23(18)10-19)27(39)24-14-32-25-4-2-3-8-36(24)25/h2-6,8,10-16H,7,9H2,1H3,(H,34,38).